The fraction of sp³-hybridized carbons (Fsp3) is 0.538. The van der Waals surface area contributed by atoms with Crippen LogP contribution in [0.5, 0.6) is 0 Å². The zero-order chi connectivity index (χ0) is 14.8. The Bertz CT molecular complexity index is 577. The third kappa shape index (κ3) is 3.47. The van der Waals surface area contributed by atoms with E-state index in [4.69, 9.17) is 5.73 Å². The van der Waals surface area contributed by atoms with Gasteiger partial charge in [0.15, 0.2) is 0 Å². The molecule has 7 heteroatoms. The first-order valence-electron chi connectivity index (χ1n) is 6.63. The van der Waals surface area contributed by atoms with Crippen LogP contribution in [0.25, 0.3) is 0 Å². The summed E-state index contributed by atoms with van der Waals surface area (Å²) in [5, 5.41) is 9.80. The molecule has 4 N–H and O–H groups in total. The quantitative estimate of drug-likeness (QED) is 0.730. The minimum atomic E-state index is -3.92. The summed E-state index contributed by atoms with van der Waals surface area (Å²) in [6, 6.07) is 3.46. The van der Waals surface area contributed by atoms with E-state index in [0.29, 0.717) is 6.42 Å². The lowest BCUT2D eigenvalue weighted by Gasteiger charge is -2.27. The molecule has 5 nitrogen and oxygen atoms in total. The molecule has 0 radical (unpaired) electrons. The topological polar surface area (TPSA) is 92.4 Å². The Kier molecular flexibility index (Phi) is 4.62. The Balaban J connectivity index is 2.07. The Morgan fingerprint density at radius 1 is 1.35 bits per heavy atom. The van der Waals surface area contributed by atoms with Crippen molar-refractivity contribution in [3.63, 3.8) is 0 Å². The normalized spacial score (nSPS) is 23.7. The van der Waals surface area contributed by atoms with E-state index in [1.54, 1.807) is 0 Å². The van der Waals surface area contributed by atoms with Crippen molar-refractivity contribution >= 4 is 15.7 Å². The van der Waals surface area contributed by atoms with Crippen LogP contribution in [0.3, 0.4) is 0 Å². The van der Waals surface area contributed by atoms with E-state index in [-0.39, 0.29) is 18.2 Å². The summed E-state index contributed by atoms with van der Waals surface area (Å²) in [6.45, 7) is 0.118. The molecule has 0 saturated heterocycles. The number of hydrogen-bond donors (Lipinski definition) is 3. The van der Waals surface area contributed by atoms with Crippen LogP contribution >= 0.6 is 0 Å². The lowest BCUT2D eigenvalue weighted by atomic mass is 9.87. The predicted molar refractivity (Wildman–Crippen MR) is 74.0 cm³/mol. The maximum atomic E-state index is 13.6. The second-order valence-corrected chi connectivity index (χ2v) is 6.89. The zero-order valence-electron chi connectivity index (χ0n) is 11.0. The molecule has 2 rings (SSSR count). The first kappa shape index (κ1) is 15.2. The number of aliphatic hydroxyl groups is 1. The Hall–Kier alpha value is -1.18. The minimum Gasteiger partial charge on any atom is -0.399 e. The molecule has 1 aromatic rings. The van der Waals surface area contributed by atoms with Gasteiger partial charge in [-0.1, -0.05) is 12.8 Å². The minimum absolute atomic E-state index is 0.115. The molecule has 1 fully saturated rings. The van der Waals surface area contributed by atoms with Gasteiger partial charge >= 0.3 is 0 Å². The van der Waals surface area contributed by atoms with E-state index < -0.39 is 26.8 Å². The third-order valence-electron chi connectivity index (χ3n) is 3.65. The lowest BCUT2D eigenvalue weighted by Crippen LogP contribution is -2.36. The Labute approximate surface area is 118 Å². The summed E-state index contributed by atoms with van der Waals surface area (Å²) in [4.78, 5) is -0.419. The summed E-state index contributed by atoms with van der Waals surface area (Å²) in [5.41, 5.74) is 5.56. The fourth-order valence-corrected chi connectivity index (χ4v) is 3.61. The number of hydrogen-bond acceptors (Lipinski definition) is 4. The van der Waals surface area contributed by atoms with Gasteiger partial charge in [0.2, 0.25) is 10.0 Å². The molecule has 0 aliphatic heterocycles. The number of rotatable bonds is 4. The van der Waals surface area contributed by atoms with Crippen LogP contribution in [-0.2, 0) is 10.0 Å². The van der Waals surface area contributed by atoms with Crippen LogP contribution in [0, 0.1) is 11.7 Å². The predicted octanol–water partition coefficient (Wildman–Crippen LogP) is 1.24. The second-order valence-electron chi connectivity index (χ2n) is 5.15. The van der Waals surface area contributed by atoms with Crippen LogP contribution in [0.1, 0.15) is 25.7 Å². The summed E-state index contributed by atoms with van der Waals surface area (Å²) in [6.07, 6.45) is 2.88. The van der Waals surface area contributed by atoms with Gasteiger partial charge in [-0.05, 0) is 37.0 Å². The van der Waals surface area contributed by atoms with E-state index in [9.17, 15) is 17.9 Å². The molecule has 1 saturated carbocycles. The lowest BCUT2D eigenvalue weighted by molar-refractivity contribution is 0.0724. The van der Waals surface area contributed by atoms with Crippen molar-refractivity contribution < 1.29 is 17.9 Å². The highest BCUT2D eigenvalue weighted by molar-refractivity contribution is 7.89. The van der Waals surface area contributed by atoms with Crippen molar-refractivity contribution in [3.05, 3.63) is 24.0 Å². The van der Waals surface area contributed by atoms with Gasteiger partial charge in [0.25, 0.3) is 0 Å². The maximum absolute atomic E-state index is 13.6. The molecule has 1 aromatic carbocycles. The molecule has 0 spiro atoms. The van der Waals surface area contributed by atoms with Crippen LogP contribution in [0.4, 0.5) is 10.1 Å². The standard InChI is InChI=1S/C13H19FN2O3S/c14-11-7-10(15)5-6-13(11)20(18,19)16-8-9-3-1-2-4-12(9)17/h5-7,9,12,16-17H,1-4,8,15H2. The monoisotopic (exact) mass is 302 g/mol. The van der Waals surface area contributed by atoms with Crippen molar-refractivity contribution in [3.8, 4) is 0 Å². The first-order chi connectivity index (χ1) is 9.40. The highest BCUT2D eigenvalue weighted by Crippen LogP contribution is 2.24. The van der Waals surface area contributed by atoms with Crippen molar-refractivity contribution in [2.45, 2.75) is 36.7 Å². The summed E-state index contributed by atoms with van der Waals surface area (Å²) in [7, 11) is -3.92. The summed E-state index contributed by atoms with van der Waals surface area (Å²) in [5.74, 6) is -0.989. The molecule has 0 heterocycles. The van der Waals surface area contributed by atoms with Gasteiger partial charge in [-0.3, -0.25) is 0 Å². The fourth-order valence-electron chi connectivity index (χ4n) is 2.46. The molecular formula is C13H19FN2O3S. The smallest absolute Gasteiger partial charge is 0.243 e. The van der Waals surface area contributed by atoms with Crippen molar-refractivity contribution in [1.29, 1.82) is 0 Å². The number of sulfonamides is 1. The molecule has 0 aromatic heterocycles. The number of anilines is 1. The van der Waals surface area contributed by atoms with Gasteiger partial charge in [0.05, 0.1) is 6.10 Å². The third-order valence-corrected chi connectivity index (χ3v) is 5.11. The van der Waals surface area contributed by atoms with E-state index in [1.807, 2.05) is 0 Å². The highest BCUT2D eigenvalue weighted by Gasteiger charge is 2.26. The number of nitrogen functional groups attached to an aromatic ring is 1. The molecule has 2 unspecified atom stereocenters. The highest BCUT2D eigenvalue weighted by atomic mass is 32.2. The van der Waals surface area contributed by atoms with Gasteiger partial charge in [-0.25, -0.2) is 17.5 Å². The number of nitrogens with two attached hydrogens (primary N) is 1. The molecule has 0 bridgehead atoms. The Morgan fingerprint density at radius 2 is 2.05 bits per heavy atom. The average Bonchev–Trinajstić information content (AvgIpc) is 2.37. The molecular weight excluding hydrogens is 283 g/mol. The van der Waals surface area contributed by atoms with E-state index in [2.05, 4.69) is 4.72 Å². The first-order valence-corrected chi connectivity index (χ1v) is 8.11. The van der Waals surface area contributed by atoms with Crippen LogP contribution < -0.4 is 10.5 Å². The van der Waals surface area contributed by atoms with Gasteiger partial charge < -0.3 is 10.8 Å². The van der Waals surface area contributed by atoms with Crippen molar-refractivity contribution in [2.75, 3.05) is 12.3 Å². The van der Waals surface area contributed by atoms with Gasteiger partial charge in [-0.15, -0.1) is 0 Å². The number of nitrogens with one attached hydrogen (secondary N) is 1. The molecule has 1 aliphatic rings. The van der Waals surface area contributed by atoms with Gasteiger partial charge in [-0.2, -0.15) is 0 Å². The average molecular weight is 302 g/mol. The maximum Gasteiger partial charge on any atom is 0.243 e. The van der Waals surface area contributed by atoms with Crippen LogP contribution in [0.15, 0.2) is 23.1 Å². The molecule has 2 atom stereocenters. The molecule has 112 valence electrons. The number of aliphatic hydroxyl groups excluding tert-OH is 1. The van der Waals surface area contributed by atoms with Gasteiger partial charge in [0.1, 0.15) is 10.7 Å². The number of halogens is 1. The number of benzene rings is 1. The van der Waals surface area contributed by atoms with Gasteiger partial charge in [0, 0.05) is 12.2 Å². The molecule has 20 heavy (non-hydrogen) atoms. The largest absolute Gasteiger partial charge is 0.399 e. The van der Waals surface area contributed by atoms with Crippen LogP contribution in [-0.4, -0.2) is 26.2 Å². The SMILES string of the molecule is Nc1ccc(S(=O)(=O)NCC2CCCCC2O)c(F)c1. The van der Waals surface area contributed by atoms with E-state index in [0.717, 1.165) is 31.4 Å². The molecule has 1 aliphatic carbocycles. The van der Waals surface area contributed by atoms with Crippen molar-refractivity contribution in [2.24, 2.45) is 5.92 Å². The van der Waals surface area contributed by atoms with Crippen LogP contribution in [0.2, 0.25) is 0 Å². The van der Waals surface area contributed by atoms with E-state index in [1.165, 1.54) is 6.07 Å². The van der Waals surface area contributed by atoms with Crippen molar-refractivity contribution in [1.82, 2.24) is 4.72 Å². The molecule has 0 amide bonds. The summed E-state index contributed by atoms with van der Waals surface area (Å²) < 4.78 is 40.1. The zero-order valence-corrected chi connectivity index (χ0v) is 11.9. The summed E-state index contributed by atoms with van der Waals surface area (Å²) >= 11 is 0. The second kappa shape index (κ2) is 6.07. The Morgan fingerprint density at radius 3 is 2.70 bits per heavy atom. The van der Waals surface area contributed by atoms with E-state index >= 15 is 0 Å².